The van der Waals surface area contributed by atoms with E-state index in [1.807, 2.05) is 20.8 Å². The molecule has 0 aromatic heterocycles. The number of carbonyl (C=O) groups is 2. The highest BCUT2D eigenvalue weighted by molar-refractivity contribution is 6.49. The summed E-state index contributed by atoms with van der Waals surface area (Å²) in [5.41, 5.74) is 0.152. The standard InChI is InChI=1S/C16H17ClO3/c1-4-9-16(2,3)20-15-12(17)13(18)10-7-5-6-8-11(10)14(15)19/h5-8H,4,9H2,1-3H3. The van der Waals surface area contributed by atoms with E-state index in [9.17, 15) is 9.59 Å². The van der Waals surface area contributed by atoms with Gasteiger partial charge in [-0.1, -0.05) is 49.2 Å². The summed E-state index contributed by atoms with van der Waals surface area (Å²) in [6.07, 6.45) is 1.68. The van der Waals surface area contributed by atoms with Crippen molar-refractivity contribution in [1.82, 2.24) is 0 Å². The summed E-state index contributed by atoms with van der Waals surface area (Å²) in [4.78, 5) is 24.6. The normalized spacial score (nSPS) is 15.4. The second kappa shape index (κ2) is 5.41. The van der Waals surface area contributed by atoms with E-state index in [0.29, 0.717) is 11.1 Å². The summed E-state index contributed by atoms with van der Waals surface area (Å²) in [6.45, 7) is 5.79. The van der Waals surface area contributed by atoms with Gasteiger partial charge in [-0.15, -0.1) is 0 Å². The van der Waals surface area contributed by atoms with Gasteiger partial charge in [0.15, 0.2) is 5.76 Å². The van der Waals surface area contributed by atoms with Crippen LogP contribution in [0.1, 0.15) is 54.3 Å². The highest BCUT2D eigenvalue weighted by Gasteiger charge is 2.35. The summed E-state index contributed by atoms with van der Waals surface area (Å²) in [5, 5.41) is -0.127. The van der Waals surface area contributed by atoms with Gasteiger partial charge in [0.2, 0.25) is 11.6 Å². The van der Waals surface area contributed by atoms with Crippen molar-refractivity contribution < 1.29 is 14.3 Å². The van der Waals surface area contributed by atoms with Gasteiger partial charge >= 0.3 is 0 Å². The van der Waals surface area contributed by atoms with Crippen molar-refractivity contribution in [3.8, 4) is 0 Å². The molecule has 0 atom stereocenters. The van der Waals surface area contributed by atoms with Crippen LogP contribution in [0, 0.1) is 0 Å². The summed E-state index contributed by atoms with van der Waals surface area (Å²) >= 11 is 6.05. The van der Waals surface area contributed by atoms with Gasteiger partial charge in [-0.2, -0.15) is 0 Å². The lowest BCUT2D eigenvalue weighted by molar-refractivity contribution is 0.0221. The molecule has 0 saturated heterocycles. The predicted octanol–water partition coefficient (Wildman–Crippen LogP) is 4.11. The molecule has 106 valence electrons. The number of ketones is 2. The summed E-state index contributed by atoms with van der Waals surface area (Å²) in [6, 6.07) is 6.65. The van der Waals surface area contributed by atoms with Crippen LogP contribution >= 0.6 is 11.6 Å². The maximum absolute atomic E-state index is 12.4. The molecule has 1 aliphatic carbocycles. The molecular formula is C16H17ClO3. The molecule has 1 aliphatic rings. The van der Waals surface area contributed by atoms with E-state index in [1.54, 1.807) is 24.3 Å². The third kappa shape index (κ3) is 2.63. The minimum atomic E-state index is -0.535. The topological polar surface area (TPSA) is 43.4 Å². The van der Waals surface area contributed by atoms with Crippen molar-refractivity contribution in [1.29, 1.82) is 0 Å². The van der Waals surface area contributed by atoms with Crippen LogP contribution in [0.15, 0.2) is 35.1 Å². The third-order valence-electron chi connectivity index (χ3n) is 3.25. The minimum absolute atomic E-state index is 0.0335. The van der Waals surface area contributed by atoms with Gasteiger partial charge < -0.3 is 4.74 Å². The van der Waals surface area contributed by atoms with E-state index in [4.69, 9.17) is 16.3 Å². The lowest BCUT2D eigenvalue weighted by Gasteiger charge is -2.29. The van der Waals surface area contributed by atoms with Crippen LogP contribution in [-0.4, -0.2) is 17.2 Å². The van der Waals surface area contributed by atoms with E-state index in [0.717, 1.165) is 12.8 Å². The smallest absolute Gasteiger partial charge is 0.230 e. The summed E-state index contributed by atoms with van der Waals surface area (Å²) < 4.78 is 5.75. The number of benzene rings is 1. The van der Waals surface area contributed by atoms with Crippen LogP contribution in [0.25, 0.3) is 0 Å². The molecule has 0 unspecified atom stereocenters. The highest BCUT2D eigenvalue weighted by atomic mass is 35.5. The first-order valence-electron chi connectivity index (χ1n) is 6.64. The number of ether oxygens (including phenoxy) is 1. The van der Waals surface area contributed by atoms with E-state index in [2.05, 4.69) is 0 Å². The number of halogens is 1. The van der Waals surface area contributed by atoms with Crippen molar-refractivity contribution in [3.63, 3.8) is 0 Å². The third-order valence-corrected chi connectivity index (χ3v) is 3.59. The van der Waals surface area contributed by atoms with Crippen molar-refractivity contribution >= 4 is 23.2 Å². The number of allylic oxidation sites excluding steroid dienone is 2. The van der Waals surface area contributed by atoms with Crippen molar-refractivity contribution in [3.05, 3.63) is 46.2 Å². The van der Waals surface area contributed by atoms with E-state index in [1.165, 1.54) is 0 Å². The van der Waals surface area contributed by atoms with Crippen LogP contribution in [0.2, 0.25) is 0 Å². The monoisotopic (exact) mass is 292 g/mol. The molecule has 0 spiro atoms. The van der Waals surface area contributed by atoms with E-state index < -0.39 is 5.60 Å². The molecule has 0 saturated carbocycles. The first kappa shape index (κ1) is 14.8. The molecule has 1 aromatic rings. The zero-order valence-corrected chi connectivity index (χ0v) is 12.6. The number of hydrogen-bond acceptors (Lipinski definition) is 3. The number of rotatable bonds is 4. The number of carbonyl (C=O) groups excluding carboxylic acids is 2. The zero-order valence-electron chi connectivity index (χ0n) is 11.8. The maximum atomic E-state index is 12.4. The summed E-state index contributed by atoms with van der Waals surface area (Å²) in [5.74, 6) is -0.715. The Hall–Kier alpha value is -1.61. The average Bonchev–Trinajstić information content (AvgIpc) is 2.41. The zero-order chi connectivity index (χ0) is 14.9. The van der Waals surface area contributed by atoms with E-state index >= 15 is 0 Å². The van der Waals surface area contributed by atoms with Gasteiger partial charge in [-0.05, 0) is 20.3 Å². The molecule has 3 nitrogen and oxygen atoms in total. The van der Waals surface area contributed by atoms with Crippen molar-refractivity contribution in [2.75, 3.05) is 0 Å². The fourth-order valence-corrected chi connectivity index (χ4v) is 2.57. The quantitative estimate of drug-likeness (QED) is 0.838. The lowest BCUT2D eigenvalue weighted by atomic mass is 9.93. The Kier molecular flexibility index (Phi) is 4.00. The second-order valence-electron chi connectivity index (χ2n) is 5.46. The van der Waals surface area contributed by atoms with Crippen LogP contribution in [0.5, 0.6) is 0 Å². The number of Topliss-reactive ketones (excluding diaryl/α,β-unsaturated/α-hetero) is 2. The molecule has 20 heavy (non-hydrogen) atoms. The molecule has 4 heteroatoms. The summed E-state index contributed by atoms with van der Waals surface area (Å²) in [7, 11) is 0. The molecule has 0 fully saturated rings. The Labute approximate surface area is 123 Å². The van der Waals surface area contributed by atoms with Gasteiger partial charge in [0.25, 0.3) is 0 Å². The molecule has 0 aliphatic heterocycles. The molecule has 0 radical (unpaired) electrons. The SMILES string of the molecule is CCCC(C)(C)OC1=C(Cl)C(=O)c2ccccc2C1=O. The van der Waals surface area contributed by atoms with Gasteiger partial charge in [0, 0.05) is 11.1 Å². The maximum Gasteiger partial charge on any atom is 0.230 e. The van der Waals surface area contributed by atoms with Crippen molar-refractivity contribution in [2.24, 2.45) is 0 Å². The lowest BCUT2D eigenvalue weighted by Crippen LogP contribution is -2.30. The van der Waals surface area contributed by atoms with Crippen LogP contribution in [0.3, 0.4) is 0 Å². The molecule has 1 aromatic carbocycles. The minimum Gasteiger partial charge on any atom is -0.482 e. The van der Waals surface area contributed by atoms with Gasteiger partial charge in [0.1, 0.15) is 10.6 Å². The number of hydrogen-bond donors (Lipinski definition) is 0. The van der Waals surface area contributed by atoms with Crippen LogP contribution in [0.4, 0.5) is 0 Å². The molecule has 0 bridgehead atoms. The Morgan fingerprint density at radius 3 is 2.20 bits per heavy atom. The molecule has 2 rings (SSSR count). The fourth-order valence-electron chi connectivity index (χ4n) is 2.34. The molecule has 0 amide bonds. The Bertz CT molecular complexity index is 599. The average molecular weight is 293 g/mol. The van der Waals surface area contributed by atoms with Gasteiger partial charge in [-0.3, -0.25) is 9.59 Å². The molecule has 0 N–H and O–H groups in total. The van der Waals surface area contributed by atoms with Crippen LogP contribution < -0.4 is 0 Å². The van der Waals surface area contributed by atoms with Gasteiger partial charge in [-0.25, -0.2) is 0 Å². The Morgan fingerprint density at radius 1 is 1.10 bits per heavy atom. The first-order chi connectivity index (χ1) is 9.37. The van der Waals surface area contributed by atoms with Crippen molar-refractivity contribution in [2.45, 2.75) is 39.2 Å². The van der Waals surface area contributed by atoms with E-state index in [-0.39, 0.29) is 22.4 Å². The largest absolute Gasteiger partial charge is 0.482 e. The first-order valence-corrected chi connectivity index (χ1v) is 7.02. The fraction of sp³-hybridized carbons (Fsp3) is 0.375. The number of fused-ring (bicyclic) bond motifs is 1. The molecule has 0 heterocycles. The van der Waals surface area contributed by atoms with Gasteiger partial charge in [0.05, 0.1) is 0 Å². The molecular weight excluding hydrogens is 276 g/mol. The Balaban J connectivity index is 2.42. The van der Waals surface area contributed by atoms with Crippen LogP contribution in [-0.2, 0) is 4.74 Å². The second-order valence-corrected chi connectivity index (χ2v) is 5.84. The predicted molar refractivity (Wildman–Crippen MR) is 78.1 cm³/mol. The Morgan fingerprint density at radius 2 is 1.65 bits per heavy atom. The highest BCUT2D eigenvalue weighted by Crippen LogP contribution is 2.32.